The third-order valence-corrected chi connectivity index (χ3v) is 2.63. The second kappa shape index (κ2) is 3.62. The van der Waals surface area contributed by atoms with Crippen LogP contribution in [0.4, 0.5) is 5.69 Å². The van der Waals surface area contributed by atoms with Crippen molar-refractivity contribution < 1.29 is 14.3 Å². The number of hydrogen-bond acceptors (Lipinski definition) is 5. The van der Waals surface area contributed by atoms with Crippen molar-refractivity contribution in [3.8, 4) is 5.75 Å². The van der Waals surface area contributed by atoms with E-state index in [1.807, 2.05) is 17.2 Å². The predicted octanol–water partition coefficient (Wildman–Crippen LogP) is 1.56. The van der Waals surface area contributed by atoms with Crippen molar-refractivity contribution in [2.24, 2.45) is 4.99 Å². The standard InChI is InChI=1S/C12H10N2O3/c1-16-11(15)8-3-4-10-9(7-8)14-6-2-5-13-12(14)17-10/h2-4,6-7H,5H2,1H3. The molecule has 86 valence electrons. The molecular formula is C12H10N2O3. The maximum Gasteiger partial charge on any atom is 0.337 e. The summed E-state index contributed by atoms with van der Waals surface area (Å²) in [6.07, 6.45) is 3.81. The number of benzene rings is 1. The molecule has 0 aliphatic carbocycles. The Balaban J connectivity index is 2.05. The zero-order chi connectivity index (χ0) is 11.8. The predicted molar refractivity (Wildman–Crippen MR) is 62.3 cm³/mol. The van der Waals surface area contributed by atoms with Crippen LogP contribution in [0, 0.1) is 0 Å². The van der Waals surface area contributed by atoms with Crippen LogP contribution in [0.3, 0.4) is 0 Å². The first-order valence-electron chi connectivity index (χ1n) is 5.20. The zero-order valence-corrected chi connectivity index (χ0v) is 9.21. The van der Waals surface area contributed by atoms with E-state index in [0.717, 1.165) is 5.69 Å². The Labute approximate surface area is 98.0 Å². The van der Waals surface area contributed by atoms with E-state index in [1.54, 1.807) is 18.2 Å². The van der Waals surface area contributed by atoms with E-state index < -0.39 is 0 Å². The highest BCUT2D eigenvalue weighted by molar-refractivity contribution is 6.04. The number of hydrogen-bond donors (Lipinski definition) is 0. The number of ether oxygens (including phenoxy) is 2. The second-order valence-corrected chi connectivity index (χ2v) is 3.65. The van der Waals surface area contributed by atoms with Crippen LogP contribution in [0.1, 0.15) is 10.4 Å². The Morgan fingerprint density at radius 2 is 2.41 bits per heavy atom. The molecule has 5 nitrogen and oxygen atoms in total. The average molecular weight is 230 g/mol. The first kappa shape index (κ1) is 9.89. The monoisotopic (exact) mass is 230 g/mol. The van der Waals surface area contributed by atoms with Gasteiger partial charge in [-0.25, -0.2) is 9.79 Å². The van der Waals surface area contributed by atoms with Crippen LogP contribution in [0.25, 0.3) is 0 Å². The molecule has 2 aliphatic heterocycles. The van der Waals surface area contributed by atoms with Gasteiger partial charge in [0.1, 0.15) is 0 Å². The number of anilines is 1. The van der Waals surface area contributed by atoms with E-state index in [-0.39, 0.29) is 5.97 Å². The molecule has 0 amide bonds. The summed E-state index contributed by atoms with van der Waals surface area (Å²) in [7, 11) is 1.36. The molecule has 2 heterocycles. The van der Waals surface area contributed by atoms with Gasteiger partial charge in [0.05, 0.1) is 24.9 Å². The minimum absolute atomic E-state index is 0.362. The fourth-order valence-electron chi connectivity index (χ4n) is 1.82. The number of aliphatic imine (C=N–C) groups is 1. The summed E-state index contributed by atoms with van der Waals surface area (Å²) in [6.45, 7) is 0.615. The highest BCUT2D eigenvalue weighted by Crippen LogP contribution is 2.36. The molecule has 0 unspecified atom stereocenters. The van der Waals surface area contributed by atoms with Gasteiger partial charge in [-0.15, -0.1) is 0 Å². The van der Waals surface area contributed by atoms with Crippen molar-refractivity contribution in [2.75, 3.05) is 18.6 Å². The van der Waals surface area contributed by atoms with Gasteiger partial charge in [-0.1, -0.05) is 0 Å². The topological polar surface area (TPSA) is 51.1 Å². The Morgan fingerprint density at radius 3 is 3.24 bits per heavy atom. The van der Waals surface area contributed by atoms with Crippen LogP contribution >= 0.6 is 0 Å². The maximum absolute atomic E-state index is 11.4. The average Bonchev–Trinajstić information content (AvgIpc) is 2.75. The molecule has 0 saturated carbocycles. The number of fused-ring (bicyclic) bond motifs is 3. The number of methoxy groups -OCH3 is 1. The van der Waals surface area contributed by atoms with Gasteiger partial charge in [0.15, 0.2) is 5.75 Å². The fraction of sp³-hybridized carbons (Fsp3) is 0.167. The first-order valence-corrected chi connectivity index (χ1v) is 5.20. The van der Waals surface area contributed by atoms with Gasteiger partial charge >= 0.3 is 12.0 Å². The lowest BCUT2D eigenvalue weighted by molar-refractivity contribution is 0.0601. The van der Waals surface area contributed by atoms with E-state index in [4.69, 9.17) is 4.74 Å². The van der Waals surface area contributed by atoms with Gasteiger partial charge in [0.2, 0.25) is 0 Å². The van der Waals surface area contributed by atoms with Crippen molar-refractivity contribution in [3.05, 3.63) is 36.0 Å². The summed E-state index contributed by atoms with van der Waals surface area (Å²) in [6, 6.07) is 5.70. The number of rotatable bonds is 1. The zero-order valence-electron chi connectivity index (χ0n) is 9.21. The summed E-state index contributed by atoms with van der Waals surface area (Å²) in [5, 5.41) is 0. The Bertz CT molecular complexity index is 549. The lowest BCUT2D eigenvalue weighted by Crippen LogP contribution is -2.26. The third kappa shape index (κ3) is 1.47. The van der Waals surface area contributed by atoms with Gasteiger partial charge in [0, 0.05) is 6.20 Å². The molecule has 0 N–H and O–H groups in total. The molecule has 1 aromatic carbocycles. The molecule has 3 rings (SSSR count). The summed E-state index contributed by atoms with van der Waals surface area (Å²) >= 11 is 0. The number of nitrogens with zero attached hydrogens (tertiary/aromatic N) is 2. The van der Waals surface area contributed by atoms with Gasteiger partial charge in [0.25, 0.3) is 0 Å². The number of carbonyl (C=O) groups is 1. The minimum Gasteiger partial charge on any atom is -0.465 e. The quantitative estimate of drug-likeness (QED) is 0.687. The van der Waals surface area contributed by atoms with E-state index in [2.05, 4.69) is 9.73 Å². The van der Waals surface area contributed by atoms with Crippen LogP contribution in [0.5, 0.6) is 5.75 Å². The molecule has 0 radical (unpaired) electrons. The molecular weight excluding hydrogens is 220 g/mol. The van der Waals surface area contributed by atoms with Gasteiger partial charge in [-0.2, -0.15) is 0 Å². The van der Waals surface area contributed by atoms with Gasteiger partial charge in [-0.3, -0.25) is 4.90 Å². The van der Waals surface area contributed by atoms with Crippen molar-refractivity contribution in [1.82, 2.24) is 0 Å². The maximum atomic E-state index is 11.4. The first-order chi connectivity index (χ1) is 8.29. The number of amidine groups is 1. The van der Waals surface area contributed by atoms with Crippen molar-refractivity contribution in [1.29, 1.82) is 0 Å². The summed E-state index contributed by atoms with van der Waals surface area (Å²) in [5.41, 5.74) is 1.30. The summed E-state index contributed by atoms with van der Waals surface area (Å²) in [5.74, 6) is 0.335. The van der Waals surface area contributed by atoms with Crippen LogP contribution in [0.15, 0.2) is 35.5 Å². The van der Waals surface area contributed by atoms with Crippen molar-refractivity contribution in [2.45, 2.75) is 0 Å². The summed E-state index contributed by atoms with van der Waals surface area (Å²) < 4.78 is 10.2. The SMILES string of the molecule is COC(=O)c1ccc2c(c1)N1C=CCN=C1O2. The van der Waals surface area contributed by atoms with Gasteiger partial charge < -0.3 is 9.47 Å². The number of carbonyl (C=O) groups excluding carboxylic acids is 1. The molecule has 0 bridgehead atoms. The largest absolute Gasteiger partial charge is 0.465 e. The van der Waals surface area contributed by atoms with Crippen LogP contribution < -0.4 is 9.64 Å². The molecule has 17 heavy (non-hydrogen) atoms. The molecule has 0 fully saturated rings. The van der Waals surface area contributed by atoms with Crippen LogP contribution in [0.2, 0.25) is 0 Å². The Morgan fingerprint density at radius 1 is 1.53 bits per heavy atom. The third-order valence-electron chi connectivity index (χ3n) is 2.63. The smallest absolute Gasteiger partial charge is 0.337 e. The van der Waals surface area contributed by atoms with E-state index in [1.165, 1.54) is 7.11 Å². The van der Waals surface area contributed by atoms with E-state index >= 15 is 0 Å². The molecule has 5 heteroatoms. The molecule has 0 atom stereocenters. The summed E-state index contributed by atoms with van der Waals surface area (Å²) in [4.78, 5) is 17.5. The van der Waals surface area contributed by atoms with Gasteiger partial charge in [-0.05, 0) is 24.3 Å². The van der Waals surface area contributed by atoms with E-state index in [9.17, 15) is 4.79 Å². The molecule has 0 spiro atoms. The fourth-order valence-corrected chi connectivity index (χ4v) is 1.82. The second-order valence-electron chi connectivity index (χ2n) is 3.65. The lowest BCUT2D eigenvalue weighted by Gasteiger charge is -2.14. The van der Waals surface area contributed by atoms with Crippen LogP contribution in [-0.2, 0) is 4.74 Å². The molecule has 2 aliphatic rings. The van der Waals surface area contributed by atoms with E-state index in [0.29, 0.717) is 23.9 Å². The molecule has 1 aromatic rings. The number of esters is 1. The normalized spacial score (nSPS) is 15.8. The molecule has 0 aromatic heterocycles. The highest BCUT2D eigenvalue weighted by Gasteiger charge is 2.28. The Hall–Kier alpha value is -2.30. The highest BCUT2D eigenvalue weighted by atomic mass is 16.5. The van der Waals surface area contributed by atoms with Crippen molar-refractivity contribution in [3.63, 3.8) is 0 Å². The minimum atomic E-state index is -0.362. The van der Waals surface area contributed by atoms with Crippen LogP contribution in [-0.4, -0.2) is 25.6 Å². The van der Waals surface area contributed by atoms with Crippen molar-refractivity contribution >= 4 is 17.7 Å². The Kier molecular flexibility index (Phi) is 2.11. The molecule has 0 saturated heterocycles. The lowest BCUT2D eigenvalue weighted by atomic mass is 10.2.